The van der Waals surface area contributed by atoms with E-state index in [9.17, 15) is 0 Å². The van der Waals surface area contributed by atoms with Crippen molar-refractivity contribution < 1.29 is 60.7 Å². The summed E-state index contributed by atoms with van der Waals surface area (Å²) >= 11 is -7.89. The predicted octanol–water partition coefficient (Wildman–Crippen LogP) is -2.03. The summed E-state index contributed by atoms with van der Waals surface area (Å²) in [6, 6.07) is 0. The van der Waals surface area contributed by atoms with Gasteiger partial charge in [-0.3, -0.25) is 0 Å². The predicted molar refractivity (Wildman–Crippen MR) is 8.72 cm³/mol. The Labute approximate surface area is 60.4 Å². The molecule has 0 atom stereocenters. The molecule has 0 saturated heterocycles. The Morgan fingerprint density at radius 2 is 1.25 bits per heavy atom. The van der Waals surface area contributed by atoms with Crippen LogP contribution in [0.15, 0.2) is 0 Å². The molecule has 0 spiro atoms. The van der Waals surface area contributed by atoms with E-state index in [0.29, 0.717) is 0 Å². The van der Waals surface area contributed by atoms with Crippen LogP contribution >= 0.6 is 0 Å². The van der Waals surface area contributed by atoms with E-state index in [2.05, 4.69) is 0 Å². The molecule has 0 aliphatic rings. The van der Waals surface area contributed by atoms with Crippen molar-refractivity contribution in [2.24, 2.45) is 0 Å². The summed E-state index contributed by atoms with van der Waals surface area (Å²) in [6.45, 7) is 0. The molecule has 8 heavy (non-hydrogen) atoms. The third-order valence-corrected chi connectivity index (χ3v) is 0. The standard InChI is InChI=1S/3H2O.3O.Ta.Zr/h3*1H2;;;;;/q;;;;;;+1;+2/p-3. The van der Waals surface area contributed by atoms with E-state index in [1.165, 1.54) is 0 Å². The van der Waals surface area contributed by atoms with Crippen molar-refractivity contribution >= 4 is 0 Å². The van der Waals surface area contributed by atoms with Gasteiger partial charge in [-0.2, -0.15) is 0 Å². The molecule has 0 rings (SSSR count). The first-order valence-corrected chi connectivity index (χ1v) is 8.48. The molecule has 0 aromatic carbocycles. The minimum absolute atomic E-state index is 3.79. The van der Waals surface area contributed by atoms with Crippen molar-refractivity contribution in [1.29, 1.82) is 0 Å². The van der Waals surface area contributed by atoms with Crippen LogP contribution in [-0.4, -0.2) is 9.98 Å². The van der Waals surface area contributed by atoms with Crippen molar-refractivity contribution in [3.63, 3.8) is 0 Å². The van der Waals surface area contributed by atoms with Gasteiger partial charge < -0.3 is 0 Å². The van der Waals surface area contributed by atoms with Crippen molar-refractivity contribution in [2.75, 3.05) is 0 Å². The first kappa shape index (κ1) is 11.7. The fourth-order valence-electron chi connectivity index (χ4n) is 0. The maximum absolute atomic E-state index is 8.84. The van der Waals surface area contributed by atoms with Crippen molar-refractivity contribution in [3.05, 3.63) is 0 Å². The summed E-state index contributed by atoms with van der Waals surface area (Å²) in [5, 5.41) is 0. The minimum atomic E-state index is -4.09. The van der Waals surface area contributed by atoms with Gasteiger partial charge in [-0.1, -0.05) is 0 Å². The Morgan fingerprint density at radius 1 is 1.25 bits per heavy atom. The molecule has 0 radical (unpaired) electrons. The van der Waals surface area contributed by atoms with Crippen LogP contribution in [0, 0.1) is 0 Å². The van der Waals surface area contributed by atoms with E-state index < -0.39 is 41.4 Å². The van der Waals surface area contributed by atoms with E-state index in [1.54, 1.807) is 0 Å². The van der Waals surface area contributed by atoms with Crippen molar-refractivity contribution in [3.8, 4) is 0 Å². The van der Waals surface area contributed by atoms with Crippen LogP contribution in [0.3, 0.4) is 0 Å². The summed E-state index contributed by atoms with van der Waals surface area (Å²) < 4.78 is 48.0. The molecule has 0 saturated carbocycles. The normalized spacial score (nSPS) is 6.38. The molecule has 0 aromatic heterocycles. The van der Waals surface area contributed by atoms with Gasteiger partial charge in [-0.05, 0) is 0 Å². The molecule has 0 unspecified atom stereocenters. The molecule has 0 amide bonds. The fourth-order valence-corrected chi connectivity index (χ4v) is 0. The summed E-state index contributed by atoms with van der Waals surface area (Å²) in [5.41, 5.74) is 0. The van der Waals surface area contributed by atoms with Gasteiger partial charge in [0.2, 0.25) is 0 Å². The zero-order valence-corrected chi connectivity index (χ0v) is 9.19. The molecular formula is H3O6TaZr. The van der Waals surface area contributed by atoms with Crippen LogP contribution in [0.5, 0.6) is 0 Å². The van der Waals surface area contributed by atoms with Gasteiger partial charge in [0, 0.05) is 0 Å². The summed E-state index contributed by atoms with van der Waals surface area (Å²) in [6.07, 6.45) is 0. The Morgan fingerprint density at radius 3 is 1.25 bits per heavy atom. The molecule has 0 bridgehead atoms. The monoisotopic (exact) mass is 370 g/mol. The second-order valence-electron chi connectivity index (χ2n) is 0.520. The molecular weight excluding hydrogens is 368 g/mol. The second-order valence-corrected chi connectivity index (χ2v) is 3.62. The zero-order valence-electron chi connectivity index (χ0n) is 3.51. The SMILES string of the molecule is [O]=[Ta](=[O])[OH].[O]=[Zr]([OH])[OH]. The van der Waals surface area contributed by atoms with Gasteiger partial charge in [0.05, 0.1) is 0 Å². The number of rotatable bonds is 0. The molecule has 0 heterocycles. The maximum atomic E-state index is 8.84. The molecule has 3 N–H and O–H groups in total. The quantitative estimate of drug-likeness (QED) is 0.453. The van der Waals surface area contributed by atoms with E-state index in [4.69, 9.17) is 19.3 Å². The Hall–Kier alpha value is 0.903. The van der Waals surface area contributed by atoms with E-state index in [-0.39, 0.29) is 0 Å². The molecule has 8 heteroatoms. The summed E-state index contributed by atoms with van der Waals surface area (Å²) in [7, 11) is 0. The Kier molecular flexibility index (Phi) is 11.5. The zero-order chi connectivity index (χ0) is 7.15. The van der Waals surface area contributed by atoms with Gasteiger partial charge >= 0.3 is 60.7 Å². The van der Waals surface area contributed by atoms with Crippen LogP contribution < -0.4 is 0 Å². The van der Waals surface area contributed by atoms with Crippen LogP contribution in [-0.2, 0) is 50.7 Å². The number of hydrogen-bond donors (Lipinski definition) is 3. The molecule has 0 aliphatic carbocycles. The Balaban J connectivity index is 0. The third kappa shape index (κ3) is 295. The molecule has 0 aliphatic heterocycles. The first-order valence-electron chi connectivity index (χ1n) is 1.22. The average Bonchev–Trinajstić information content (AvgIpc) is 1.25. The summed E-state index contributed by atoms with van der Waals surface area (Å²) in [4.78, 5) is 0. The van der Waals surface area contributed by atoms with Crippen molar-refractivity contribution in [2.45, 2.75) is 0 Å². The van der Waals surface area contributed by atoms with Gasteiger partial charge in [0.25, 0.3) is 0 Å². The molecule has 0 fully saturated rings. The topological polar surface area (TPSA) is 112 Å². The third-order valence-electron chi connectivity index (χ3n) is 0. The van der Waals surface area contributed by atoms with Crippen LogP contribution in [0.25, 0.3) is 0 Å². The molecule has 48 valence electrons. The van der Waals surface area contributed by atoms with Gasteiger partial charge in [0.15, 0.2) is 0 Å². The van der Waals surface area contributed by atoms with Gasteiger partial charge in [-0.15, -0.1) is 0 Å². The Bertz CT molecular complexity index is 110. The molecule has 0 aromatic rings. The van der Waals surface area contributed by atoms with Crippen molar-refractivity contribution in [1.82, 2.24) is 0 Å². The fraction of sp³-hybridized carbons (Fsp3) is 0. The van der Waals surface area contributed by atoms with E-state index in [1.807, 2.05) is 0 Å². The number of hydrogen-bond acceptors (Lipinski definition) is 3. The second kappa shape index (κ2) is 7.90. The van der Waals surface area contributed by atoms with Crippen LogP contribution in [0.4, 0.5) is 0 Å². The van der Waals surface area contributed by atoms with Crippen LogP contribution in [0.2, 0.25) is 0 Å². The van der Waals surface area contributed by atoms with E-state index >= 15 is 0 Å². The average molecular weight is 371 g/mol. The van der Waals surface area contributed by atoms with Gasteiger partial charge in [-0.25, -0.2) is 0 Å². The van der Waals surface area contributed by atoms with Crippen LogP contribution in [0.1, 0.15) is 0 Å². The summed E-state index contributed by atoms with van der Waals surface area (Å²) in [5.74, 6) is 0. The first-order chi connectivity index (χ1) is 3.46. The molecule has 6 nitrogen and oxygen atoms in total. The van der Waals surface area contributed by atoms with Gasteiger partial charge in [0.1, 0.15) is 0 Å². The van der Waals surface area contributed by atoms with E-state index in [0.717, 1.165) is 0 Å².